The average Bonchev–Trinajstić information content (AvgIpc) is 3.40. The Kier molecular flexibility index (Phi) is 6.12. The second kappa shape index (κ2) is 9.41. The van der Waals surface area contributed by atoms with E-state index in [2.05, 4.69) is 30.2 Å². The molecule has 0 aromatic carbocycles. The van der Waals surface area contributed by atoms with Crippen molar-refractivity contribution in [3.8, 4) is 0 Å². The highest BCUT2D eigenvalue weighted by Gasteiger charge is 2.66. The van der Waals surface area contributed by atoms with Gasteiger partial charge in [-0.1, -0.05) is 5.21 Å². The zero-order valence-electron chi connectivity index (χ0n) is 20.5. The van der Waals surface area contributed by atoms with E-state index < -0.39 is 73.9 Å². The number of nitrogens with one attached hydrogen (secondary N) is 1. The molecule has 0 amide bonds. The van der Waals surface area contributed by atoms with Gasteiger partial charge in [-0.3, -0.25) is 9.78 Å². The topological polar surface area (TPSA) is 257 Å². The van der Waals surface area contributed by atoms with Crippen LogP contribution in [0.5, 0.6) is 0 Å². The number of ether oxygens (including phenoxy) is 2. The van der Waals surface area contributed by atoms with E-state index in [1.54, 1.807) is 6.07 Å². The van der Waals surface area contributed by atoms with Crippen LogP contribution in [0.3, 0.4) is 0 Å². The van der Waals surface area contributed by atoms with Crippen LogP contribution in [0.25, 0.3) is 22.2 Å². The molecule has 2 aliphatic heterocycles. The van der Waals surface area contributed by atoms with Gasteiger partial charge in [-0.25, -0.2) is 14.4 Å². The Bertz CT molecular complexity index is 1770. The van der Waals surface area contributed by atoms with Crippen molar-refractivity contribution in [2.75, 3.05) is 18.1 Å². The van der Waals surface area contributed by atoms with Gasteiger partial charge >= 0.3 is 6.72 Å². The summed E-state index contributed by atoms with van der Waals surface area (Å²) in [6.45, 7) is -4.64. The third-order valence-electron chi connectivity index (χ3n) is 7.29. The fourth-order valence-corrected chi connectivity index (χ4v) is 6.66. The summed E-state index contributed by atoms with van der Waals surface area (Å²) in [4.78, 5) is 37.4. The van der Waals surface area contributed by atoms with Crippen LogP contribution >= 0.6 is 6.72 Å². The van der Waals surface area contributed by atoms with Crippen LogP contribution in [0.1, 0.15) is 12.5 Å². The Morgan fingerprint density at radius 3 is 2.80 bits per heavy atom. The molecule has 10 atom stereocenters. The van der Waals surface area contributed by atoms with E-state index in [0.29, 0.717) is 11.0 Å². The normalized spacial score (nSPS) is 34.3. The molecule has 1 saturated carbocycles. The number of aliphatic hydroxyl groups excluding tert-OH is 2. The molecule has 218 valence electrons. The quantitative estimate of drug-likeness (QED) is 0.126. The summed E-state index contributed by atoms with van der Waals surface area (Å²) >= 11 is 5.18. The minimum atomic E-state index is -4.11. The van der Waals surface area contributed by atoms with Crippen molar-refractivity contribution in [3.63, 3.8) is 0 Å². The van der Waals surface area contributed by atoms with Gasteiger partial charge in [0.25, 0.3) is 5.56 Å². The number of aliphatic hydroxyl groups is 2. The Morgan fingerprint density at radius 2 is 2.00 bits per heavy atom. The molecule has 0 spiro atoms. The van der Waals surface area contributed by atoms with E-state index >= 15 is 4.39 Å². The van der Waals surface area contributed by atoms with Crippen LogP contribution in [0.2, 0.25) is 0 Å². The molecule has 18 nitrogen and oxygen atoms in total. The number of halogens is 1. The lowest BCUT2D eigenvalue weighted by atomic mass is 10.1. The standard InChI is InChI=1S/C20H22FN10O8PS/c21-8-10(32)6(37-18(8)30-2-1-5-14(22)24-4-25-15(5)30)3-36-40(35,41)39-13-7-11(33)12(7)38-19(13)31-16-9(28-29-31)17(34)27-20(23)26-16/h1-2,4,6-8,10-13,18-19,32-33H,3H2,(H,35,41)(H2,22,24,25)(H3,23,26,27,34)/t6-,7?,8+,10-,11?,12+,13-,18-,19-,40?/m1/s1. The Balaban J connectivity index is 1.07. The molecule has 3 unspecified atom stereocenters. The van der Waals surface area contributed by atoms with Crippen molar-refractivity contribution >= 4 is 52.5 Å². The number of H-pyrrole nitrogens is 1. The first-order valence-corrected chi connectivity index (χ1v) is 14.8. The molecule has 2 saturated heterocycles. The van der Waals surface area contributed by atoms with Crippen LogP contribution in [0.15, 0.2) is 23.4 Å². The van der Waals surface area contributed by atoms with Gasteiger partial charge in [-0.15, -0.1) is 5.10 Å². The number of nitrogen functional groups attached to an aromatic ring is 2. The summed E-state index contributed by atoms with van der Waals surface area (Å²) in [6.07, 6.45) is -7.08. The van der Waals surface area contributed by atoms with Crippen LogP contribution in [0.4, 0.5) is 16.2 Å². The predicted octanol–water partition coefficient (Wildman–Crippen LogP) is -1.77. The number of hydrogen-bond donors (Lipinski definition) is 6. The summed E-state index contributed by atoms with van der Waals surface area (Å²) in [5, 5.41) is 28.9. The summed E-state index contributed by atoms with van der Waals surface area (Å²) in [5.74, 6) is -0.602. The highest BCUT2D eigenvalue weighted by molar-refractivity contribution is 8.07. The van der Waals surface area contributed by atoms with Gasteiger partial charge in [0.15, 0.2) is 29.8 Å². The third kappa shape index (κ3) is 4.30. The number of rotatable bonds is 7. The molecule has 0 bridgehead atoms. The van der Waals surface area contributed by atoms with Gasteiger partial charge in [0.2, 0.25) is 5.95 Å². The molecule has 0 radical (unpaired) electrons. The molecule has 1 aliphatic carbocycles. The lowest BCUT2D eigenvalue weighted by molar-refractivity contribution is -0.0739. The molecular weight excluding hydrogens is 590 g/mol. The van der Waals surface area contributed by atoms with Crippen molar-refractivity contribution in [2.45, 2.75) is 49.1 Å². The number of nitrogens with two attached hydrogens (primary N) is 2. The van der Waals surface area contributed by atoms with Gasteiger partial charge in [0.1, 0.15) is 36.1 Å². The van der Waals surface area contributed by atoms with Crippen molar-refractivity contribution in [1.29, 1.82) is 0 Å². The monoisotopic (exact) mass is 612 g/mol. The van der Waals surface area contributed by atoms with Crippen LogP contribution < -0.4 is 17.0 Å². The van der Waals surface area contributed by atoms with Crippen molar-refractivity contribution in [3.05, 3.63) is 28.9 Å². The number of fused-ring (bicyclic) bond motifs is 3. The smallest absolute Gasteiger partial charge is 0.325 e. The average molecular weight is 612 g/mol. The van der Waals surface area contributed by atoms with Gasteiger partial charge < -0.3 is 49.7 Å². The molecular formula is C20H22FN10O8PS. The van der Waals surface area contributed by atoms with E-state index in [1.165, 1.54) is 17.1 Å². The summed E-state index contributed by atoms with van der Waals surface area (Å²) in [7, 11) is 0. The lowest BCUT2D eigenvalue weighted by Crippen LogP contribution is -2.32. The Hall–Kier alpha value is -3.20. The fourth-order valence-electron chi connectivity index (χ4n) is 5.23. The highest BCUT2D eigenvalue weighted by Crippen LogP contribution is 2.58. The zero-order valence-corrected chi connectivity index (χ0v) is 22.2. The van der Waals surface area contributed by atoms with Gasteiger partial charge in [0, 0.05) is 12.1 Å². The molecule has 21 heteroatoms. The molecule has 3 aliphatic rings. The summed E-state index contributed by atoms with van der Waals surface area (Å²) in [5.41, 5.74) is 11.0. The largest absolute Gasteiger partial charge is 0.390 e. The minimum Gasteiger partial charge on any atom is -0.390 e. The second-order valence-electron chi connectivity index (χ2n) is 9.77. The van der Waals surface area contributed by atoms with E-state index in [9.17, 15) is 19.9 Å². The molecule has 6 heterocycles. The minimum absolute atomic E-state index is 0.0140. The van der Waals surface area contributed by atoms with Crippen LogP contribution in [-0.2, 0) is 30.3 Å². The summed E-state index contributed by atoms with van der Waals surface area (Å²) < 4.78 is 40.3. The fraction of sp³-hybridized carbons (Fsp3) is 0.500. The van der Waals surface area contributed by atoms with Gasteiger partial charge in [-0.05, 0) is 17.9 Å². The number of nitrogens with zero attached hydrogens (tertiary/aromatic N) is 7. The van der Waals surface area contributed by atoms with Crippen LogP contribution in [-0.4, -0.2) is 97.9 Å². The van der Waals surface area contributed by atoms with E-state index in [4.69, 9.17) is 41.8 Å². The van der Waals surface area contributed by atoms with E-state index in [-0.39, 0.29) is 22.9 Å². The maximum Gasteiger partial charge on any atom is 0.325 e. The number of hydrogen-bond acceptors (Lipinski definition) is 15. The van der Waals surface area contributed by atoms with E-state index in [1.807, 2.05) is 0 Å². The SMILES string of the molecule is Nc1nc2c(nnn2[C@@H]2O[C@@H]3C(O)C3[C@H]2OP(O)(=S)OC[C@H]2O[C@@H](n3ccc4c(N)ncnc43)[C@@H](F)[C@@H]2O)c(=O)[nH]1. The van der Waals surface area contributed by atoms with Crippen molar-refractivity contribution in [1.82, 2.24) is 39.5 Å². The number of aromatic amines is 1. The predicted molar refractivity (Wildman–Crippen MR) is 138 cm³/mol. The van der Waals surface area contributed by atoms with Crippen molar-refractivity contribution < 1.29 is 38.0 Å². The first-order chi connectivity index (χ1) is 19.5. The summed E-state index contributed by atoms with van der Waals surface area (Å²) in [6, 6.07) is 1.59. The highest BCUT2D eigenvalue weighted by atomic mass is 32.5. The molecule has 4 aromatic heterocycles. The second-order valence-corrected chi connectivity index (χ2v) is 12.6. The molecule has 7 rings (SSSR count). The lowest BCUT2D eigenvalue weighted by Gasteiger charge is -2.27. The maximum atomic E-state index is 15.1. The number of alkyl halides is 1. The molecule has 8 N–H and O–H groups in total. The number of aromatic nitrogens is 8. The zero-order chi connectivity index (χ0) is 28.8. The van der Waals surface area contributed by atoms with E-state index in [0.717, 1.165) is 4.68 Å². The third-order valence-corrected chi connectivity index (χ3v) is 8.84. The van der Waals surface area contributed by atoms with Gasteiger partial charge in [0.05, 0.1) is 24.2 Å². The first-order valence-electron chi connectivity index (χ1n) is 12.2. The van der Waals surface area contributed by atoms with Gasteiger partial charge in [-0.2, -0.15) is 9.67 Å². The van der Waals surface area contributed by atoms with Crippen molar-refractivity contribution in [2.24, 2.45) is 5.92 Å². The maximum absolute atomic E-state index is 15.1. The van der Waals surface area contributed by atoms with Crippen LogP contribution in [0, 0.1) is 5.92 Å². The molecule has 41 heavy (non-hydrogen) atoms. The Labute approximate surface area is 232 Å². The molecule has 4 aromatic rings. The Morgan fingerprint density at radius 1 is 1.20 bits per heavy atom. The molecule has 3 fully saturated rings. The number of anilines is 2. The first kappa shape index (κ1) is 26.7.